The lowest BCUT2D eigenvalue weighted by molar-refractivity contribution is -0.147. The first-order valence-electron chi connectivity index (χ1n) is 12.4. The third-order valence-electron chi connectivity index (χ3n) is 6.20. The smallest absolute Gasteiger partial charge is 0.293 e. The van der Waals surface area contributed by atoms with Crippen LogP contribution < -0.4 is 4.90 Å². The summed E-state index contributed by atoms with van der Waals surface area (Å²) in [5.74, 6) is -0.105. The zero-order chi connectivity index (χ0) is 27.1. The van der Waals surface area contributed by atoms with Crippen molar-refractivity contribution in [2.75, 3.05) is 44.7 Å². The molecule has 1 aliphatic rings. The van der Waals surface area contributed by atoms with Gasteiger partial charge >= 0.3 is 0 Å². The van der Waals surface area contributed by atoms with Crippen LogP contribution in [-0.4, -0.2) is 56.8 Å². The predicted octanol–water partition coefficient (Wildman–Crippen LogP) is 6.15. The number of allylic oxidation sites excluding steroid dienone is 3. The summed E-state index contributed by atoms with van der Waals surface area (Å²) in [5, 5.41) is 0. The summed E-state index contributed by atoms with van der Waals surface area (Å²) < 4.78 is 34.9. The topological polar surface area (TPSA) is 42.0 Å². The molecule has 2 aromatic carbocycles. The first kappa shape index (κ1) is 29.8. The highest BCUT2D eigenvalue weighted by atomic mass is 19.1. The zero-order valence-corrected chi connectivity index (χ0v) is 22.0. The number of halogens is 2. The molecule has 3 rings (SSSR count). The molecule has 0 atom stereocenters. The van der Waals surface area contributed by atoms with Gasteiger partial charge in [0.1, 0.15) is 23.0 Å². The fourth-order valence-electron chi connectivity index (χ4n) is 4.00. The summed E-state index contributed by atoms with van der Waals surface area (Å²) in [4.78, 5) is 15.7. The number of para-hydroxylation sites is 1. The van der Waals surface area contributed by atoms with Crippen LogP contribution in [0.2, 0.25) is 0 Å². The van der Waals surface area contributed by atoms with Gasteiger partial charge in [-0.2, -0.15) is 0 Å². The number of hydrogen-bond acceptors (Lipinski definition) is 5. The minimum Gasteiger partial charge on any atom is -0.494 e. The number of likely N-dealkylation sites (N-methyl/N-ethyl adjacent to an activating group) is 1. The van der Waals surface area contributed by atoms with Crippen LogP contribution >= 0.6 is 0 Å². The maximum Gasteiger partial charge on any atom is 0.293 e. The summed E-state index contributed by atoms with van der Waals surface area (Å²) in [5.41, 5.74) is 1.73. The van der Waals surface area contributed by atoms with Gasteiger partial charge in [0.05, 0.1) is 13.2 Å². The third kappa shape index (κ3) is 10.6. The molecule has 0 unspecified atom stereocenters. The van der Waals surface area contributed by atoms with Crippen molar-refractivity contribution in [1.29, 1.82) is 0 Å². The molecular weight excluding hydrogens is 474 g/mol. The standard InChI is InChI=1S/C24H34N2O3.C6H4F2/c1-5-28-22(3)21(2)11-9-10-16-26-17-14-24(15-18-26,29-20-27)19-25(4)23-12-7-6-8-13-23;7-5-1-2-6(8)4-3-5/h6-13,20H,3,5,14-19H2,1-2,4H3;1-4H/b10-9+,21-11-;. The van der Waals surface area contributed by atoms with E-state index < -0.39 is 17.2 Å². The highest BCUT2D eigenvalue weighted by Crippen LogP contribution is 2.28. The molecule has 5 nitrogen and oxygen atoms in total. The number of nitrogens with zero attached hydrogens (tertiary/aromatic N) is 2. The summed E-state index contributed by atoms with van der Waals surface area (Å²) >= 11 is 0. The molecule has 7 heteroatoms. The van der Waals surface area contributed by atoms with Gasteiger partial charge in [-0.3, -0.25) is 9.69 Å². The van der Waals surface area contributed by atoms with Gasteiger partial charge in [-0.1, -0.05) is 43.0 Å². The van der Waals surface area contributed by atoms with Gasteiger partial charge in [-0.25, -0.2) is 8.78 Å². The molecule has 0 radical (unpaired) electrons. The number of ether oxygens (including phenoxy) is 2. The SMILES string of the molecule is C=C(OCC)/C(C)=C\C=C\CN1CCC(CN(C)c2ccccc2)(OC=O)CC1.Fc1ccc(F)cc1. The number of hydrogen-bond donors (Lipinski definition) is 0. The van der Waals surface area contributed by atoms with Crippen LogP contribution in [0, 0.1) is 11.6 Å². The minimum absolute atomic E-state index is 0.411. The minimum atomic E-state index is -0.432. The molecule has 0 aromatic heterocycles. The van der Waals surface area contributed by atoms with Crippen molar-refractivity contribution in [3.8, 4) is 0 Å². The van der Waals surface area contributed by atoms with E-state index in [1.807, 2.05) is 51.2 Å². The van der Waals surface area contributed by atoms with E-state index in [0.29, 0.717) is 25.4 Å². The van der Waals surface area contributed by atoms with E-state index in [-0.39, 0.29) is 0 Å². The second-order valence-electron chi connectivity index (χ2n) is 8.96. The number of rotatable bonds is 11. The van der Waals surface area contributed by atoms with Gasteiger partial charge in [0.15, 0.2) is 0 Å². The Balaban J connectivity index is 0.000000510. The van der Waals surface area contributed by atoms with Gasteiger partial charge in [0.25, 0.3) is 6.47 Å². The monoisotopic (exact) mass is 512 g/mol. The van der Waals surface area contributed by atoms with Crippen LogP contribution in [0.15, 0.2) is 90.7 Å². The summed E-state index contributed by atoms with van der Waals surface area (Å²) in [6.45, 7) is 12.5. The van der Waals surface area contributed by atoms with Gasteiger partial charge in [-0.05, 0) is 55.8 Å². The lowest BCUT2D eigenvalue weighted by Gasteiger charge is -2.42. The molecule has 0 spiro atoms. The van der Waals surface area contributed by atoms with E-state index in [2.05, 4.69) is 34.6 Å². The average molecular weight is 513 g/mol. The number of carbonyl (C=O) groups excluding carboxylic acids is 1. The molecule has 1 fully saturated rings. The Morgan fingerprint density at radius 2 is 1.68 bits per heavy atom. The molecular formula is C30H38F2N2O3. The first-order valence-corrected chi connectivity index (χ1v) is 12.4. The zero-order valence-electron chi connectivity index (χ0n) is 22.0. The van der Waals surface area contributed by atoms with Crippen LogP contribution in [0.4, 0.5) is 14.5 Å². The van der Waals surface area contributed by atoms with Crippen molar-refractivity contribution in [3.05, 3.63) is 102 Å². The fourth-order valence-corrected chi connectivity index (χ4v) is 4.00. The van der Waals surface area contributed by atoms with Crippen LogP contribution in [0.5, 0.6) is 0 Å². The Hall–Kier alpha value is -3.45. The largest absolute Gasteiger partial charge is 0.494 e. The molecule has 0 bridgehead atoms. The Labute approximate surface area is 219 Å². The molecule has 2 aromatic rings. The number of anilines is 1. The van der Waals surface area contributed by atoms with Gasteiger partial charge in [0, 0.05) is 45.2 Å². The lowest BCUT2D eigenvalue weighted by Crippen LogP contribution is -2.52. The molecule has 37 heavy (non-hydrogen) atoms. The maximum atomic E-state index is 11.9. The summed E-state index contributed by atoms with van der Waals surface area (Å²) in [6, 6.07) is 14.5. The van der Waals surface area contributed by atoms with Crippen LogP contribution in [0.25, 0.3) is 0 Å². The second-order valence-corrected chi connectivity index (χ2v) is 8.96. The van der Waals surface area contributed by atoms with Gasteiger partial charge < -0.3 is 14.4 Å². The highest BCUT2D eigenvalue weighted by molar-refractivity contribution is 5.46. The summed E-state index contributed by atoms with van der Waals surface area (Å²) in [6.07, 6.45) is 7.87. The van der Waals surface area contributed by atoms with Crippen molar-refractivity contribution < 1.29 is 23.0 Å². The molecule has 200 valence electrons. The van der Waals surface area contributed by atoms with Gasteiger partial charge in [0.2, 0.25) is 0 Å². The fraction of sp³-hybridized carbons (Fsp3) is 0.367. The average Bonchev–Trinajstić information content (AvgIpc) is 2.90. The number of benzene rings is 2. The van der Waals surface area contributed by atoms with Crippen molar-refractivity contribution in [2.45, 2.75) is 32.3 Å². The van der Waals surface area contributed by atoms with Crippen molar-refractivity contribution >= 4 is 12.2 Å². The predicted molar refractivity (Wildman–Crippen MR) is 145 cm³/mol. The Kier molecular flexibility index (Phi) is 12.6. The quantitative estimate of drug-likeness (QED) is 0.205. The highest BCUT2D eigenvalue weighted by Gasteiger charge is 2.37. The lowest BCUT2D eigenvalue weighted by atomic mass is 9.90. The number of carbonyl (C=O) groups is 1. The first-order chi connectivity index (χ1) is 17.8. The molecule has 1 saturated heterocycles. The van der Waals surface area contributed by atoms with Crippen LogP contribution in [0.1, 0.15) is 26.7 Å². The molecule has 1 aliphatic heterocycles. The van der Waals surface area contributed by atoms with Crippen LogP contribution in [-0.2, 0) is 14.3 Å². The van der Waals surface area contributed by atoms with Crippen molar-refractivity contribution in [2.24, 2.45) is 0 Å². The normalized spacial score (nSPS) is 15.4. The molecule has 0 aliphatic carbocycles. The van der Waals surface area contributed by atoms with Crippen LogP contribution in [0.3, 0.4) is 0 Å². The van der Waals surface area contributed by atoms with E-state index in [0.717, 1.165) is 68.0 Å². The van der Waals surface area contributed by atoms with E-state index in [4.69, 9.17) is 9.47 Å². The van der Waals surface area contributed by atoms with Crippen molar-refractivity contribution in [1.82, 2.24) is 4.90 Å². The molecule has 0 saturated carbocycles. The van der Waals surface area contributed by atoms with E-state index in [1.54, 1.807) is 0 Å². The Morgan fingerprint density at radius 3 is 2.22 bits per heavy atom. The number of likely N-dealkylation sites (tertiary alicyclic amines) is 1. The van der Waals surface area contributed by atoms with Gasteiger partial charge in [-0.15, -0.1) is 0 Å². The maximum absolute atomic E-state index is 11.9. The Bertz CT molecular complexity index is 994. The second kappa shape index (κ2) is 15.6. The number of piperidine rings is 1. The molecule has 0 amide bonds. The van der Waals surface area contributed by atoms with E-state index in [9.17, 15) is 13.6 Å². The summed E-state index contributed by atoms with van der Waals surface area (Å²) in [7, 11) is 2.05. The van der Waals surface area contributed by atoms with E-state index >= 15 is 0 Å². The molecule has 0 N–H and O–H groups in total. The third-order valence-corrected chi connectivity index (χ3v) is 6.20. The van der Waals surface area contributed by atoms with Crippen molar-refractivity contribution in [3.63, 3.8) is 0 Å². The van der Waals surface area contributed by atoms with E-state index in [1.165, 1.54) is 0 Å². The molecule has 1 heterocycles. The Morgan fingerprint density at radius 1 is 1.08 bits per heavy atom.